The minimum atomic E-state index is -0.602. The van der Waals surface area contributed by atoms with Gasteiger partial charge in [0.15, 0.2) is 0 Å². The summed E-state index contributed by atoms with van der Waals surface area (Å²) in [5, 5.41) is 11.7. The smallest absolute Gasteiger partial charge is 0.141 e. The highest BCUT2D eigenvalue weighted by molar-refractivity contribution is 6.09. The van der Waals surface area contributed by atoms with Crippen molar-refractivity contribution in [1.29, 1.82) is 5.26 Å². The van der Waals surface area contributed by atoms with E-state index < -0.39 is 11.6 Å². The summed E-state index contributed by atoms with van der Waals surface area (Å²) in [6, 6.07) is 19.4. The summed E-state index contributed by atoms with van der Waals surface area (Å²) in [5.41, 5.74) is 2.03. The number of aryl methyl sites for hydroxylation is 1. The molecule has 0 aromatic heterocycles. The average molecular weight is 357 g/mol. The van der Waals surface area contributed by atoms with Crippen LogP contribution < -0.4 is 0 Å². The molecule has 1 nitrogen and oxygen atoms in total. The predicted octanol–water partition coefficient (Wildman–Crippen LogP) is 6.76. The van der Waals surface area contributed by atoms with E-state index in [1.165, 1.54) is 11.6 Å². The first-order chi connectivity index (χ1) is 13.1. The van der Waals surface area contributed by atoms with Crippen molar-refractivity contribution in [2.45, 2.75) is 19.8 Å². The van der Waals surface area contributed by atoms with Crippen LogP contribution in [0.5, 0.6) is 0 Å². The molecule has 4 aromatic rings. The molecule has 4 aromatic carbocycles. The standard InChI is InChI=1S/C24H17F2N/c1-2-3-15-6-10-19-18(12-15)9-11-20-21(19)13-22(25)23(24(20)26)17-7-4-16(14-27)5-8-17/h4-13H,2-3H2,1H3. The molecular formula is C24H17F2N. The zero-order chi connectivity index (χ0) is 19.0. The van der Waals surface area contributed by atoms with Gasteiger partial charge in [-0.1, -0.05) is 55.8 Å². The highest BCUT2D eigenvalue weighted by Crippen LogP contribution is 2.35. The lowest BCUT2D eigenvalue weighted by Gasteiger charge is -2.12. The molecule has 132 valence electrons. The van der Waals surface area contributed by atoms with E-state index >= 15 is 4.39 Å². The molecule has 0 fully saturated rings. The SMILES string of the molecule is CCCc1ccc2c(ccc3c(F)c(-c4ccc(C#N)cc4)c(F)cc32)c1. The lowest BCUT2D eigenvalue weighted by Crippen LogP contribution is -1.94. The van der Waals surface area contributed by atoms with Crippen molar-refractivity contribution in [2.75, 3.05) is 0 Å². The van der Waals surface area contributed by atoms with Crippen LogP contribution in [0.4, 0.5) is 8.78 Å². The highest BCUT2D eigenvalue weighted by Gasteiger charge is 2.17. The molecule has 0 saturated carbocycles. The fourth-order valence-electron chi connectivity index (χ4n) is 3.61. The molecule has 0 spiro atoms. The number of nitriles is 1. The topological polar surface area (TPSA) is 23.8 Å². The second-order valence-electron chi connectivity index (χ2n) is 6.70. The largest absolute Gasteiger partial charge is 0.206 e. The lowest BCUT2D eigenvalue weighted by molar-refractivity contribution is 0.598. The Morgan fingerprint density at radius 3 is 2.30 bits per heavy atom. The molecule has 0 unspecified atom stereocenters. The minimum Gasteiger partial charge on any atom is -0.206 e. The van der Waals surface area contributed by atoms with E-state index in [1.807, 2.05) is 24.3 Å². The second kappa shape index (κ2) is 6.81. The number of halogens is 2. The van der Waals surface area contributed by atoms with Crippen LogP contribution >= 0.6 is 0 Å². The number of hydrogen-bond donors (Lipinski definition) is 0. The van der Waals surface area contributed by atoms with Gasteiger partial charge in [-0.25, -0.2) is 8.78 Å². The molecule has 0 aliphatic rings. The number of fused-ring (bicyclic) bond motifs is 3. The van der Waals surface area contributed by atoms with Gasteiger partial charge in [0.1, 0.15) is 11.6 Å². The Kier molecular flexibility index (Phi) is 4.33. The van der Waals surface area contributed by atoms with Gasteiger partial charge in [-0.15, -0.1) is 0 Å². The Bertz CT molecular complexity index is 1200. The molecule has 0 amide bonds. The van der Waals surface area contributed by atoms with Crippen molar-refractivity contribution in [3.8, 4) is 17.2 Å². The molecule has 0 bridgehead atoms. The summed E-state index contributed by atoms with van der Waals surface area (Å²) in [6.45, 7) is 2.13. The quantitative estimate of drug-likeness (QED) is 0.372. The third-order valence-electron chi connectivity index (χ3n) is 4.93. The van der Waals surface area contributed by atoms with E-state index in [-0.39, 0.29) is 5.56 Å². The number of nitrogens with zero attached hydrogens (tertiary/aromatic N) is 1. The zero-order valence-electron chi connectivity index (χ0n) is 14.9. The molecule has 4 rings (SSSR count). The molecule has 0 radical (unpaired) electrons. The van der Waals surface area contributed by atoms with Gasteiger partial charge in [-0.2, -0.15) is 5.26 Å². The van der Waals surface area contributed by atoms with Gasteiger partial charge in [-0.05, 0) is 51.9 Å². The number of rotatable bonds is 3. The van der Waals surface area contributed by atoms with E-state index in [2.05, 4.69) is 13.0 Å². The fraction of sp³-hybridized carbons (Fsp3) is 0.125. The second-order valence-corrected chi connectivity index (χ2v) is 6.70. The Balaban J connectivity index is 1.94. The van der Waals surface area contributed by atoms with Crippen molar-refractivity contribution in [2.24, 2.45) is 0 Å². The van der Waals surface area contributed by atoms with Crippen molar-refractivity contribution >= 4 is 21.5 Å². The van der Waals surface area contributed by atoms with E-state index in [0.29, 0.717) is 21.9 Å². The Labute approximate surface area is 156 Å². The molecule has 0 saturated heterocycles. The first-order valence-electron chi connectivity index (χ1n) is 8.96. The molecule has 0 aliphatic carbocycles. The van der Waals surface area contributed by atoms with E-state index in [0.717, 1.165) is 23.6 Å². The molecule has 0 atom stereocenters. The van der Waals surface area contributed by atoms with Crippen LogP contribution in [0, 0.1) is 23.0 Å². The van der Waals surface area contributed by atoms with Crippen molar-refractivity contribution in [3.05, 3.63) is 83.4 Å². The number of benzene rings is 4. The summed E-state index contributed by atoms with van der Waals surface area (Å²) in [5.74, 6) is -1.18. The van der Waals surface area contributed by atoms with E-state index in [9.17, 15) is 4.39 Å². The van der Waals surface area contributed by atoms with Gasteiger partial charge in [0.25, 0.3) is 0 Å². The van der Waals surface area contributed by atoms with Gasteiger partial charge in [0.2, 0.25) is 0 Å². The number of hydrogen-bond acceptors (Lipinski definition) is 1. The van der Waals surface area contributed by atoms with Crippen LogP contribution in [0.2, 0.25) is 0 Å². The van der Waals surface area contributed by atoms with Crippen LogP contribution in [0.1, 0.15) is 24.5 Å². The van der Waals surface area contributed by atoms with Crippen molar-refractivity contribution in [1.82, 2.24) is 0 Å². The van der Waals surface area contributed by atoms with Gasteiger partial charge in [0, 0.05) is 5.39 Å². The summed E-state index contributed by atoms with van der Waals surface area (Å²) < 4.78 is 30.1. The van der Waals surface area contributed by atoms with Crippen LogP contribution in [0.15, 0.2) is 60.7 Å². The van der Waals surface area contributed by atoms with Crippen molar-refractivity contribution in [3.63, 3.8) is 0 Å². The predicted molar refractivity (Wildman–Crippen MR) is 106 cm³/mol. The first kappa shape index (κ1) is 17.2. The summed E-state index contributed by atoms with van der Waals surface area (Å²) in [4.78, 5) is 0. The molecule has 0 aliphatic heterocycles. The summed E-state index contributed by atoms with van der Waals surface area (Å²) in [6.07, 6.45) is 2.03. The minimum absolute atomic E-state index is 0.0612. The molecule has 27 heavy (non-hydrogen) atoms. The van der Waals surface area contributed by atoms with Gasteiger partial charge >= 0.3 is 0 Å². The monoisotopic (exact) mass is 357 g/mol. The zero-order valence-corrected chi connectivity index (χ0v) is 14.9. The molecule has 0 heterocycles. The summed E-state index contributed by atoms with van der Waals surface area (Å²) in [7, 11) is 0. The third kappa shape index (κ3) is 2.94. The Morgan fingerprint density at radius 1 is 0.852 bits per heavy atom. The maximum Gasteiger partial charge on any atom is 0.141 e. The van der Waals surface area contributed by atoms with Crippen LogP contribution in [-0.4, -0.2) is 0 Å². The van der Waals surface area contributed by atoms with Crippen LogP contribution in [0.3, 0.4) is 0 Å². The third-order valence-corrected chi connectivity index (χ3v) is 4.93. The van der Waals surface area contributed by atoms with Crippen molar-refractivity contribution < 1.29 is 8.78 Å². The van der Waals surface area contributed by atoms with E-state index in [4.69, 9.17) is 5.26 Å². The summed E-state index contributed by atoms with van der Waals surface area (Å²) >= 11 is 0. The fourth-order valence-corrected chi connectivity index (χ4v) is 3.61. The molecule has 0 N–H and O–H groups in total. The highest BCUT2D eigenvalue weighted by atomic mass is 19.1. The van der Waals surface area contributed by atoms with Gasteiger partial charge < -0.3 is 0 Å². The van der Waals surface area contributed by atoms with Crippen LogP contribution in [0.25, 0.3) is 32.7 Å². The maximum atomic E-state index is 15.2. The molecular weight excluding hydrogens is 340 g/mol. The lowest BCUT2D eigenvalue weighted by atomic mass is 9.94. The first-order valence-corrected chi connectivity index (χ1v) is 8.96. The average Bonchev–Trinajstić information content (AvgIpc) is 2.68. The normalized spacial score (nSPS) is 11.0. The Hall–Kier alpha value is -3.25. The van der Waals surface area contributed by atoms with Gasteiger partial charge in [-0.3, -0.25) is 0 Å². The maximum absolute atomic E-state index is 15.2. The van der Waals surface area contributed by atoms with Crippen LogP contribution in [-0.2, 0) is 6.42 Å². The molecule has 3 heteroatoms. The van der Waals surface area contributed by atoms with Gasteiger partial charge in [0.05, 0.1) is 17.2 Å². The Morgan fingerprint density at radius 2 is 1.59 bits per heavy atom. The van der Waals surface area contributed by atoms with E-state index in [1.54, 1.807) is 30.3 Å².